The third-order valence-electron chi connectivity index (χ3n) is 3.33. The Morgan fingerprint density at radius 1 is 1.60 bits per heavy atom. The smallest absolute Gasteiger partial charge is 0.322 e. The molecule has 8 heteroatoms. The van der Waals surface area contributed by atoms with E-state index in [1.165, 1.54) is 0 Å². The van der Waals surface area contributed by atoms with Gasteiger partial charge in [0.1, 0.15) is 6.04 Å². The highest BCUT2D eigenvalue weighted by molar-refractivity contribution is 5.91. The van der Waals surface area contributed by atoms with Crippen LogP contribution in [0.25, 0.3) is 0 Å². The van der Waals surface area contributed by atoms with Gasteiger partial charge in [-0.25, -0.2) is 0 Å². The van der Waals surface area contributed by atoms with Gasteiger partial charge >= 0.3 is 6.01 Å². The van der Waals surface area contributed by atoms with Crippen LogP contribution < -0.4 is 10.6 Å². The van der Waals surface area contributed by atoms with Gasteiger partial charge in [0.25, 0.3) is 5.91 Å². The van der Waals surface area contributed by atoms with Crippen molar-refractivity contribution in [2.45, 2.75) is 31.8 Å². The first-order valence-corrected chi connectivity index (χ1v) is 6.61. The SMILES string of the molecule is CC(C(=O)Nc1nnc(C2CCCN2)o1)n1cccn1. The molecule has 0 spiro atoms. The molecular formula is C12H16N6O2. The van der Waals surface area contributed by atoms with Crippen molar-refractivity contribution < 1.29 is 9.21 Å². The van der Waals surface area contributed by atoms with Crippen LogP contribution in [0, 0.1) is 0 Å². The lowest BCUT2D eigenvalue weighted by Crippen LogP contribution is -2.24. The second-order valence-corrected chi connectivity index (χ2v) is 4.75. The Morgan fingerprint density at radius 3 is 3.20 bits per heavy atom. The zero-order valence-electron chi connectivity index (χ0n) is 11.1. The van der Waals surface area contributed by atoms with E-state index in [1.54, 1.807) is 30.1 Å². The number of rotatable bonds is 4. The van der Waals surface area contributed by atoms with E-state index in [-0.39, 0.29) is 18.0 Å². The van der Waals surface area contributed by atoms with E-state index in [9.17, 15) is 4.79 Å². The molecule has 1 aliphatic rings. The van der Waals surface area contributed by atoms with Crippen molar-refractivity contribution in [3.05, 3.63) is 24.4 Å². The molecule has 1 fully saturated rings. The predicted molar refractivity (Wildman–Crippen MR) is 69.8 cm³/mol. The summed E-state index contributed by atoms with van der Waals surface area (Å²) in [5.41, 5.74) is 0. The Labute approximate surface area is 115 Å². The van der Waals surface area contributed by atoms with E-state index in [2.05, 4.69) is 25.9 Å². The molecule has 2 unspecified atom stereocenters. The molecule has 1 saturated heterocycles. The number of hydrogen-bond donors (Lipinski definition) is 2. The van der Waals surface area contributed by atoms with Gasteiger partial charge in [-0.1, -0.05) is 5.10 Å². The van der Waals surface area contributed by atoms with Gasteiger partial charge in [-0.2, -0.15) is 5.10 Å². The fourth-order valence-corrected chi connectivity index (χ4v) is 2.16. The van der Waals surface area contributed by atoms with Crippen LogP contribution in [-0.2, 0) is 4.79 Å². The van der Waals surface area contributed by atoms with Gasteiger partial charge < -0.3 is 9.73 Å². The molecule has 2 atom stereocenters. The number of nitrogens with one attached hydrogen (secondary N) is 2. The maximum absolute atomic E-state index is 12.0. The Kier molecular flexibility index (Phi) is 3.46. The van der Waals surface area contributed by atoms with E-state index in [1.807, 2.05) is 0 Å². The number of aromatic nitrogens is 4. The maximum atomic E-state index is 12.0. The molecule has 2 N–H and O–H groups in total. The van der Waals surface area contributed by atoms with Crippen LogP contribution >= 0.6 is 0 Å². The third-order valence-corrected chi connectivity index (χ3v) is 3.33. The van der Waals surface area contributed by atoms with E-state index >= 15 is 0 Å². The average Bonchev–Trinajstić information content (AvgIpc) is 3.19. The molecule has 106 valence electrons. The second-order valence-electron chi connectivity index (χ2n) is 4.75. The van der Waals surface area contributed by atoms with Gasteiger partial charge in [-0.3, -0.25) is 14.8 Å². The Hall–Kier alpha value is -2.22. The molecule has 1 amide bonds. The van der Waals surface area contributed by atoms with Gasteiger partial charge in [0.2, 0.25) is 5.89 Å². The highest BCUT2D eigenvalue weighted by Gasteiger charge is 2.23. The van der Waals surface area contributed by atoms with Crippen LogP contribution in [-0.4, -0.2) is 32.4 Å². The molecular weight excluding hydrogens is 260 g/mol. The topological polar surface area (TPSA) is 97.9 Å². The van der Waals surface area contributed by atoms with Crippen molar-refractivity contribution in [2.75, 3.05) is 11.9 Å². The number of carbonyl (C=O) groups excluding carboxylic acids is 1. The molecule has 0 bridgehead atoms. The number of hydrogen-bond acceptors (Lipinski definition) is 6. The first-order chi connectivity index (χ1) is 9.74. The first kappa shape index (κ1) is 12.8. The number of anilines is 1. The van der Waals surface area contributed by atoms with Crippen LogP contribution in [0.1, 0.15) is 37.7 Å². The molecule has 3 heterocycles. The fraction of sp³-hybridized carbons (Fsp3) is 0.500. The van der Waals surface area contributed by atoms with E-state index in [0.29, 0.717) is 5.89 Å². The van der Waals surface area contributed by atoms with Gasteiger partial charge in [-0.15, -0.1) is 5.10 Å². The normalized spacial score (nSPS) is 19.9. The predicted octanol–water partition coefficient (Wildman–Crippen LogP) is 0.890. The minimum absolute atomic E-state index is 0.0942. The summed E-state index contributed by atoms with van der Waals surface area (Å²) in [4.78, 5) is 12.0. The minimum atomic E-state index is -0.440. The van der Waals surface area contributed by atoms with Crippen LogP contribution in [0.4, 0.5) is 6.01 Å². The fourth-order valence-electron chi connectivity index (χ4n) is 2.16. The van der Waals surface area contributed by atoms with Gasteiger partial charge in [0.15, 0.2) is 0 Å². The van der Waals surface area contributed by atoms with Gasteiger partial charge in [0.05, 0.1) is 6.04 Å². The monoisotopic (exact) mass is 276 g/mol. The second kappa shape index (κ2) is 5.41. The standard InChI is InChI=1S/C12H16N6O2/c1-8(18-7-3-6-14-18)10(19)15-12-17-16-11(20-12)9-4-2-5-13-9/h3,6-9,13H,2,4-5H2,1H3,(H,15,17,19). The molecule has 0 aromatic carbocycles. The molecule has 8 nitrogen and oxygen atoms in total. The van der Waals surface area contributed by atoms with Gasteiger partial charge in [0, 0.05) is 12.4 Å². The molecule has 2 aromatic heterocycles. The highest BCUT2D eigenvalue weighted by atomic mass is 16.4. The largest absolute Gasteiger partial charge is 0.406 e. The van der Waals surface area contributed by atoms with Crippen molar-refractivity contribution in [1.82, 2.24) is 25.3 Å². The number of carbonyl (C=O) groups is 1. The summed E-state index contributed by atoms with van der Waals surface area (Å²) in [6.07, 6.45) is 5.41. The molecule has 0 aliphatic carbocycles. The number of amides is 1. The zero-order valence-corrected chi connectivity index (χ0v) is 11.1. The summed E-state index contributed by atoms with van der Waals surface area (Å²) in [5, 5.41) is 17.7. The van der Waals surface area contributed by atoms with Crippen LogP contribution in [0.3, 0.4) is 0 Å². The summed E-state index contributed by atoms with van der Waals surface area (Å²) in [7, 11) is 0. The first-order valence-electron chi connectivity index (χ1n) is 6.61. The molecule has 1 aliphatic heterocycles. The molecule has 0 saturated carbocycles. The Balaban J connectivity index is 1.64. The summed E-state index contributed by atoms with van der Waals surface area (Å²) in [6, 6.07) is 1.54. The lowest BCUT2D eigenvalue weighted by Gasteiger charge is -2.10. The van der Waals surface area contributed by atoms with Crippen LogP contribution in [0.2, 0.25) is 0 Å². The lowest BCUT2D eigenvalue weighted by molar-refractivity contribution is -0.119. The molecule has 0 radical (unpaired) electrons. The maximum Gasteiger partial charge on any atom is 0.322 e. The molecule has 20 heavy (non-hydrogen) atoms. The zero-order chi connectivity index (χ0) is 13.9. The van der Waals surface area contributed by atoms with Crippen molar-refractivity contribution in [1.29, 1.82) is 0 Å². The van der Waals surface area contributed by atoms with Crippen LogP contribution in [0.5, 0.6) is 0 Å². The highest BCUT2D eigenvalue weighted by Crippen LogP contribution is 2.23. The van der Waals surface area contributed by atoms with Gasteiger partial charge in [-0.05, 0) is 32.4 Å². The van der Waals surface area contributed by atoms with Crippen molar-refractivity contribution in [2.24, 2.45) is 0 Å². The average molecular weight is 276 g/mol. The van der Waals surface area contributed by atoms with E-state index in [0.717, 1.165) is 19.4 Å². The Morgan fingerprint density at radius 2 is 2.50 bits per heavy atom. The van der Waals surface area contributed by atoms with Crippen molar-refractivity contribution >= 4 is 11.9 Å². The number of nitrogens with zero attached hydrogens (tertiary/aromatic N) is 4. The Bertz CT molecular complexity index is 573. The summed E-state index contributed by atoms with van der Waals surface area (Å²) in [5.74, 6) is 0.271. The quantitative estimate of drug-likeness (QED) is 0.860. The van der Waals surface area contributed by atoms with Crippen molar-refractivity contribution in [3.63, 3.8) is 0 Å². The van der Waals surface area contributed by atoms with E-state index < -0.39 is 6.04 Å². The minimum Gasteiger partial charge on any atom is -0.406 e. The van der Waals surface area contributed by atoms with Crippen molar-refractivity contribution in [3.8, 4) is 0 Å². The third kappa shape index (κ3) is 2.55. The lowest BCUT2D eigenvalue weighted by atomic mass is 10.2. The molecule has 2 aromatic rings. The summed E-state index contributed by atoms with van der Waals surface area (Å²) < 4.78 is 7.02. The van der Waals surface area contributed by atoms with Crippen LogP contribution in [0.15, 0.2) is 22.9 Å². The summed E-state index contributed by atoms with van der Waals surface area (Å²) in [6.45, 7) is 2.70. The van der Waals surface area contributed by atoms with E-state index in [4.69, 9.17) is 4.42 Å². The summed E-state index contributed by atoms with van der Waals surface area (Å²) >= 11 is 0. The molecule has 3 rings (SSSR count).